The Morgan fingerprint density at radius 1 is 1.17 bits per heavy atom. The lowest BCUT2D eigenvalue weighted by atomic mass is 10.1. The third-order valence-electron chi connectivity index (χ3n) is 4.11. The molecule has 1 atom stereocenters. The van der Waals surface area contributed by atoms with E-state index in [9.17, 15) is 0 Å². The van der Waals surface area contributed by atoms with Gasteiger partial charge in [0.05, 0.1) is 17.3 Å². The summed E-state index contributed by atoms with van der Waals surface area (Å²) in [7, 11) is 2.08. The molecule has 0 saturated heterocycles. The zero-order valence-corrected chi connectivity index (χ0v) is 15.1. The number of hydrogen-bond acceptors (Lipinski definition) is 3. The van der Waals surface area contributed by atoms with E-state index in [1.165, 1.54) is 5.39 Å². The van der Waals surface area contributed by atoms with Gasteiger partial charge in [-0.25, -0.2) is 0 Å². The van der Waals surface area contributed by atoms with Crippen molar-refractivity contribution in [2.24, 2.45) is 0 Å². The zero-order valence-electron chi connectivity index (χ0n) is 12.7. The van der Waals surface area contributed by atoms with Crippen molar-refractivity contribution in [1.29, 1.82) is 0 Å². The minimum Gasteiger partial charge on any atom is -0.483 e. The van der Waals surface area contributed by atoms with Crippen LogP contribution < -0.4 is 4.74 Å². The number of ether oxygens (including phenoxy) is 1. The van der Waals surface area contributed by atoms with E-state index in [1.54, 1.807) is 6.26 Å². The highest BCUT2D eigenvalue weighted by molar-refractivity contribution is 9.10. The molecule has 1 aliphatic heterocycles. The summed E-state index contributed by atoms with van der Waals surface area (Å²) in [5, 5.41) is 2.36. The molecule has 5 heteroatoms. The van der Waals surface area contributed by atoms with Gasteiger partial charge < -0.3 is 9.15 Å². The Morgan fingerprint density at radius 3 is 2.87 bits per heavy atom. The van der Waals surface area contributed by atoms with E-state index in [2.05, 4.69) is 46.1 Å². The van der Waals surface area contributed by atoms with E-state index in [-0.39, 0.29) is 18.5 Å². The number of furan rings is 1. The van der Waals surface area contributed by atoms with Crippen LogP contribution in [0.3, 0.4) is 0 Å². The fourth-order valence-electron chi connectivity index (χ4n) is 3.02. The fraction of sp³-hybridized carbons (Fsp3) is 0.222. The van der Waals surface area contributed by atoms with Gasteiger partial charge in [-0.2, -0.15) is 0 Å². The fourth-order valence-corrected chi connectivity index (χ4v) is 3.60. The van der Waals surface area contributed by atoms with Crippen molar-refractivity contribution >= 4 is 39.1 Å². The minimum atomic E-state index is -0.00929. The van der Waals surface area contributed by atoms with Crippen molar-refractivity contribution < 1.29 is 9.15 Å². The lowest BCUT2D eigenvalue weighted by Gasteiger charge is -2.29. The van der Waals surface area contributed by atoms with Crippen LogP contribution in [0.25, 0.3) is 10.8 Å². The average Bonchev–Trinajstić information content (AvgIpc) is 2.98. The SMILES string of the molecule is CN1Cc2occc2C(Oc2ccc3ccccc3c2Br)C1.Cl. The summed E-state index contributed by atoms with van der Waals surface area (Å²) >= 11 is 3.69. The molecule has 0 fully saturated rings. The van der Waals surface area contributed by atoms with Gasteiger partial charge in [0.1, 0.15) is 17.6 Å². The van der Waals surface area contributed by atoms with Crippen LogP contribution in [0.15, 0.2) is 57.6 Å². The van der Waals surface area contributed by atoms with E-state index in [0.29, 0.717) is 0 Å². The maximum Gasteiger partial charge on any atom is 0.140 e. The van der Waals surface area contributed by atoms with E-state index in [4.69, 9.17) is 9.15 Å². The Morgan fingerprint density at radius 2 is 2.00 bits per heavy atom. The highest BCUT2D eigenvalue weighted by Crippen LogP contribution is 2.37. The molecule has 3 aromatic rings. The average molecular weight is 395 g/mol. The maximum absolute atomic E-state index is 6.30. The molecule has 0 radical (unpaired) electrons. The predicted octanol–water partition coefficient (Wildman–Crippen LogP) is 5.18. The number of fused-ring (bicyclic) bond motifs is 2. The van der Waals surface area contributed by atoms with Gasteiger partial charge in [0.25, 0.3) is 0 Å². The molecule has 1 unspecified atom stereocenters. The molecule has 0 amide bonds. The first-order chi connectivity index (χ1) is 10.7. The van der Waals surface area contributed by atoms with Crippen LogP contribution in [0.1, 0.15) is 17.4 Å². The van der Waals surface area contributed by atoms with Gasteiger partial charge >= 0.3 is 0 Å². The Balaban J connectivity index is 0.00000156. The second-order valence-corrected chi connectivity index (χ2v) is 6.49. The molecule has 4 rings (SSSR count). The smallest absolute Gasteiger partial charge is 0.140 e. The summed E-state index contributed by atoms with van der Waals surface area (Å²) in [5.74, 6) is 1.86. The summed E-state index contributed by atoms with van der Waals surface area (Å²) in [5.41, 5.74) is 1.15. The first kappa shape index (κ1) is 16.4. The van der Waals surface area contributed by atoms with Crippen molar-refractivity contribution in [3.8, 4) is 5.75 Å². The van der Waals surface area contributed by atoms with Crippen LogP contribution in [0.4, 0.5) is 0 Å². The third-order valence-corrected chi connectivity index (χ3v) is 4.93. The molecule has 0 saturated carbocycles. The summed E-state index contributed by atoms with van der Waals surface area (Å²) in [6.45, 7) is 1.69. The highest BCUT2D eigenvalue weighted by Gasteiger charge is 2.27. The Bertz CT molecular complexity index is 833. The molecule has 1 aromatic heterocycles. The van der Waals surface area contributed by atoms with Crippen LogP contribution in [0.2, 0.25) is 0 Å². The summed E-state index contributed by atoms with van der Waals surface area (Å²) in [6.07, 6.45) is 1.74. The number of likely N-dealkylation sites (N-methyl/N-ethyl adjacent to an activating group) is 1. The van der Waals surface area contributed by atoms with Crippen molar-refractivity contribution in [1.82, 2.24) is 4.90 Å². The molecule has 0 aliphatic carbocycles. The molecular formula is C18H17BrClNO2. The van der Waals surface area contributed by atoms with Crippen LogP contribution in [0, 0.1) is 0 Å². The van der Waals surface area contributed by atoms with Gasteiger partial charge in [-0.1, -0.05) is 30.3 Å². The van der Waals surface area contributed by atoms with Crippen molar-refractivity contribution in [3.05, 3.63) is 64.5 Å². The number of hydrogen-bond donors (Lipinski definition) is 0. The lowest BCUT2D eigenvalue weighted by molar-refractivity contribution is 0.119. The number of halogens is 2. The zero-order chi connectivity index (χ0) is 15.1. The third kappa shape index (κ3) is 2.99. The second-order valence-electron chi connectivity index (χ2n) is 5.70. The maximum atomic E-state index is 6.30. The molecular weight excluding hydrogens is 378 g/mol. The van der Waals surface area contributed by atoms with E-state index < -0.39 is 0 Å². The Labute approximate surface area is 149 Å². The van der Waals surface area contributed by atoms with Gasteiger partial charge in [0.2, 0.25) is 0 Å². The Hall–Kier alpha value is -1.49. The largest absolute Gasteiger partial charge is 0.483 e. The van der Waals surface area contributed by atoms with E-state index in [1.807, 2.05) is 24.3 Å². The van der Waals surface area contributed by atoms with Gasteiger partial charge in [0, 0.05) is 12.1 Å². The van der Waals surface area contributed by atoms with Gasteiger partial charge in [-0.05, 0) is 45.9 Å². The monoisotopic (exact) mass is 393 g/mol. The molecule has 2 aromatic carbocycles. The van der Waals surface area contributed by atoms with Crippen molar-refractivity contribution in [3.63, 3.8) is 0 Å². The standard InChI is InChI=1S/C18H16BrNO2.ClH/c1-20-10-16-14(8-9-21-16)17(11-20)22-15-7-6-12-4-2-3-5-13(12)18(15)19;/h2-9,17H,10-11H2,1H3;1H. The van der Waals surface area contributed by atoms with Crippen LogP contribution in [0.5, 0.6) is 5.75 Å². The number of benzene rings is 2. The summed E-state index contributed by atoms with van der Waals surface area (Å²) < 4.78 is 12.9. The number of nitrogens with zero attached hydrogens (tertiary/aromatic N) is 1. The molecule has 1 aliphatic rings. The van der Waals surface area contributed by atoms with E-state index >= 15 is 0 Å². The second kappa shape index (κ2) is 6.56. The highest BCUT2D eigenvalue weighted by atomic mass is 79.9. The van der Waals surface area contributed by atoms with Crippen LogP contribution in [-0.4, -0.2) is 18.5 Å². The van der Waals surface area contributed by atoms with Crippen molar-refractivity contribution in [2.75, 3.05) is 13.6 Å². The minimum absolute atomic E-state index is 0. The van der Waals surface area contributed by atoms with Crippen LogP contribution in [-0.2, 0) is 6.54 Å². The molecule has 23 heavy (non-hydrogen) atoms. The summed E-state index contributed by atoms with van der Waals surface area (Å²) in [6, 6.07) is 14.4. The van der Waals surface area contributed by atoms with E-state index in [0.717, 1.165) is 40.0 Å². The summed E-state index contributed by atoms with van der Waals surface area (Å²) in [4.78, 5) is 2.21. The molecule has 0 N–H and O–H groups in total. The number of rotatable bonds is 2. The first-order valence-electron chi connectivity index (χ1n) is 7.31. The van der Waals surface area contributed by atoms with Gasteiger partial charge in [0.15, 0.2) is 0 Å². The predicted molar refractivity (Wildman–Crippen MR) is 97.3 cm³/mol. The Kier molecular flexibility index (Phi) is 4.67. The van der Waals surface area contributed by atoms with Crippen LogP contribution >= 0.6 is 28.3 Å². The molecule has 0 bridgehead atoms. The topological polar surface area (TPSA) is 25.6 Å². The molecule has 2 heterocycles. The lowest BCUT2D eigenvalue weighted by Crippen LogP contribution is -2.32. The molecule has 120 valence electrons. The van der Waals surface area contributed by atoms with Gasteiger partial charge in [-0.3, -0.25) is 4.90 Å². The quantitative estimate of drug-likeness (QED) is 0.599. The molecule has 3 nitrogen and oxygen atoms in total. The first-order valence-corrected chi connectivity index (χ1v) is 8.10. The molecule has 0 spiro atoms. The van der Waals surface area contributed by atoms with Gasteiger partial charge in [-0.15, -0.1) is 12.4 Å². The normalized spacial score (nSPS) is 17.6. The van der Waals surface area contributed by atoms with Crippen molar-refractivity contribution in [2.45, 2.75) is 12.6 Å².